The summed E-state index contributed by atoms with van der Waals surface area (Å²) in [6.45, 7) is 0. The van der Waals surface area contributed by atoms with Crippen LogP contribution < -0.4 is 0 Å². The van der Waals surface area contributed by atoms with Gasteiger partial charge in [-0.3, -0.25) is 0 Å². The summed E-state index contributed by atoms with van der Waals surface area (Å²) in [6, 6.07) is 73.3. The van der Waals surface area contributed by atoms with Gasteiger partial charge in [-0.1, -0.05) is 176 Å². The number of para-hydroxylation sites is 2. The molecule has 3 heterocycles. The monoisotopic (exact) mass is 782 g/mol. The van der Waals surface area contributed by atoms with Gasteiger partial charge >= 0.3 is 0 Å². The first-order chi connectivity index (χ1) is 29.7. The molecule has 0 bridgehead atoms. The van der Waals surface area contributed by atoms with E-state index < -0.39 is 0 Å². The highest BCUT2D eigenvalue weighted by atomic mass is 32.1. The zero-order chi connectivity index (χ0) is 39.6. The zero-order valence-corrected chi connectivity index (χ0v) is 33.1. The van der Waals surface area contributed by atoms with Crippen LogP contribution in [0.25, 0.3) is 115 Å². The number of benzene rings is 9. The van der Waals surface area contributed by atoms with E-state index >= 15 is 0 Å². The molecule has 280 valence electrons. The van der Waals surface area contributed by atoms with Gasteiger partial charge in [-0.2, -0.15) is 0 Å². The molecular weight excluding hydrogens is 749 g/mol. The highest BCUT2D eigenvalue weighted by Gasteiger charge is 2.23. The van der Waals surface area contributed by atoms with E-state index in [2.05, 4.69) is 193 Å². The van der Waals surface area contributed by atoms with Crippen molar-refractivity contribution in [1.82, 2.24) is 19.5 Å². The van der Waals surface area contributed by atoms with E-state index in [0.717, 1.165) is 60.9 Å². The molecule has 0 aliphatic heterocycles. The Kier molecular flexibility index (Phi) is 8.00. The molecule has 0 saturated heterocycles. The lowest BCUT2D eigenvalue weighted by Gasteiger charge is -2.20. The van der Waals surface area contributed by atoms with Gasteiger partial charge in [-0.15, -0.1) is 11.3 Å². The van der Waals surface area contributed by atoms with Crippen LogP contribution in [0.1, 0.15) is 0 Å². The third kappa shape index (κ3) is 5.63. The second-order valence-electron chi connectivity index (χ2n) is 15.2. The smallest absolute Gasteiger partial charge is 0.166 e. The lowest BCUT2D eigenvalue weighted by atomic mass is 9.92. The summed E-state index contributed by atoms with van der Waals surface area (Å²) in [7, 11) is 0. The fourth-order valence-electron chi connectivity index (χ4n) is 8.86. The van der Waals surface area contributed by atoms with Gasteiger partial charge in [0.2, 0.25) is 0 Å². The molecule has 0 atom stereocenters. The Morgan fingerprint density at radius 3 is 1.48 bits per heavy atom. The molecule has 0 aliphatic rings. The fourth-order valence-corrected chi connectivity index (χ4v) is 10.0. The summed E-state index contributed by atoms with van der Waals surface area (Å²) < 4.78 is 4.99. The highest BCUT2D eigenvalue weighted by Crippen LogP contribution is 2.44. The molecule has 3 aromatic heterocycles. The molecule has 0 amide bonds. The van der Waals surface area contributed by atoms with Crippen LogP contribution in [-0.2, 0) is 0 Å². The van der Waals surface area contributed by atoms with Gasteiger partial charge in [-0.05, 0) is 63.4 Å². The lowest BCUT2D eigenvalue weighted by Crippen LogP contribution is -2.05. The van der Waals surface area contributed by atoms with Gasteiger partial charge in [0.15, 0.2) is 17.5 Å². The van der Waals surface area contributed by atoms with Crippen molar-refractivity contribution in [2.45, 2.75) is 0 Å². The molecule has 12 aromatic rings. The minimum atomic E-state index is 0.616. The molecule has 9 aromatic carbocycles. The predicted octanol–water partition coefficient (Wildman–Crippen LogP) is 14.8. The van der Waals surface area contributed by atoms with E-state index in [4.69, 9.17) is 15.0 Å². The van der Waals surface area contributed by atoms with Crippen molar-refractivity contribution >= 4 is 64.1 Å². The predicted molar refractivity (Wildman–Crippen MR) is 252 cm³/mol. The molecule has 0 saturated carbocycles. The van der Waals surface area contributed by atoms with Crippen LogP contribution in [0, 0.1) is 0 Å². The molecule has 5 heteroatoms. The number of fused-ring (bicyclic) bond motifs is 7. The standard InChI is InChI=1S/C55H34N4S/c1-3-15-36(16-4-1)46-34-49(59-47-24-12-9-20-41(47)42-21-10-13-25-48(42)59)52(45-23-8-7-19-40(45)46)55-57-53(37-17-5-2-6-18-37)56-54(58-55)38-29-27-35(28-30-38)39-31-32-44-43-22-11-14-26-50(43)60-51(44)33-39/h1-34H. The van der Waals surface area contributed by atoms with E-state index in [1.54, 1.807) is 0 Å². The van der Waals surface area contributed by atoms with E-state index in [0.29, 0.717) is 17.5 Å². The van der Waals surface area contributed by atoms with Gasteiger partial charge in [0.05, 0.1) is 22.3 Å². The summed E-state index contributed by atoms with van der Waals surface area (Å²) in [5.41, 5.74) is 10.7. The van der Waals surface area contributed by atoms with Crippen LogP contribution in [0.3, 0.4) is 0 Å². The lowest BCUT2D eigenvalue weighted by molar-refractivity contribution is 1.07. The van der Waals surface area contributed by atoms with Gasteiger partial charge in [0.1, 0.15) is 0 Å². The van der Waals surface area contributed by atoms with Crippen LogP contribution in [-0.4, -0.2) is 19.5 Å². The molecule has 0 fully saturated rings. The van der Waals surface area contributed by atoms with Crippen molar-refractivity contribution < 1.29 is 0 Å². The Labute approximate surface area is 350 Å². The topological polar surface area (TPSA) is 43.6 Å². The maximum atomic E-state index is 5.42. The largest absolute Gasteiger partial charge is 0.308 e. The fraction of sp³-hybridized carbons (Fsp3) is 0. The third-order valence-corrected chi connectivity index (χ3v) is 12.8. The average molecular weight is 783 g/mol. The molecular formula is C55H34N4S. The van der Waals surface area contributed by atoms with Crippen molar-refractivity contribution in [1.29, 1.82) is 0 Å². The van der Waals surface area contributed by atoms with Crippen molar-refractivity contribution in [3.63, 3.8) is 0 Å². The average Bonchev–Trinajstić information content (AvgIpc) is 3.87. The van der Waals surface area contributed by atoms with Crippen LogP contribution in [0.4, 0.5) is 0 Å². The molecule has 0 N–H and O–H groups in total. The van der Waals surface area contributed by atoms with Crippen molar-refractivity contribution in [3.05, 3.63) is 206 Å². The molecule has 0 aliphatic carbocycles. The second-order valence-corrected chi connectivity index (χ2v) is 16.2. The third-order valence-electron chi connectivity index (χ3n) is 11.7. The highest BCUT2D eigenvalue weighted by molar-refractivity contribution is 7.25. The Morgan fingerprint density at radius 1 is 0.317 bits per heavy atom. The summed E-state index contributed by atoms with van der Waals surface area (Å²) in [5.74, 6) is 1.86. The van der Waals surface area contributed by atoms with Crippen LogP contribution in [0.5, 0.6) is 0 Å². The summed E-state index contributed by atoms with van der Waals surface area (Å²) in [6.07, 6.45) is 0. The summed E-state index contributed by atoms with van der Waals surface area (Å²) in [5, 5.41) is 7.20. The number of hydrogen-bond acceptors (Lipinski definition) is 4. The summed E-state index contributed by atoms with van der Waals surface area (Å²) >= 11 is 1.84. The normalized spacial score (nSPS) is 11.7. The Hall–Kier alpha value is -7.73. The first-order valence-corrected chi connectivity index (χ1v) is 21.0. The van der Waals surface area contributed by atoms with E-state index in [9.17, 15) is 0 Å². The number of rotatable bonds is 6. The quantitative estimate of drug-likeness (QED) is 0.169. The Balaban J connectivity index is 1.10. The van der Waals surface area contributed by atoms with E-state index in [1.165, 1.54) is 36.5 Å². The van der Waals surface area contributed by atoms with Gasteiger partial charge in [0, 0.05) is 42.1 Å². The van der Waals surface area contributed by atoms with E-state index in [-0.39, 0.29) is 0 Å². The first-order valence-electron chi connectivity index (χ1n) is 20.2. The molecule has 0 radical (unpaired) electrons. The Morgan fingerprint density at radius 2 is 0.800 bits per heavy atom. The Bertz CT molecular complexity index is 3530. The van der Waals surface area contributed by atoms with Gasteiger partial charge in [-0.25, -0.2) is 15.0 Å². The number of nitrogens with zero attached hydrogens (tertiary/aromatic N) is 4. The molecule has 4 nitrogen and oxygen atoms in total. The molecule has 0 unspecified atom stereocenters. The summed E-state index contributed by atoms with van der Waals surface area (Å²) in [4.78, 5) is 16.0. The van der Waals surface area contributed by atoms with Gasteiger partial charge in [0.25, 0.3) is 0 Å². The van der Waals surface area contributed by atoms with Gasteiger partial charge < -0.3 is 4.57 Å². The van der Waals surface area contributed by atoms with Crippen LogP contribution in [0.2, 0.25) is 0 Å². The van der Waals surface area contributed by atoms with E-state index in [1.807, 2.05) is 29.5 Å². The van der Waals surface area contributed by atoms with Crippen LogP contribution in [0.15, 0.2) is 206 Å². The SMILES string of the molecule is c1ccc(-c2nc(-c3ccc(-c4ccc5c(c4)sc4ccccc45)cc3)nc(-c3c(-n4c5ccccc5c5ccccc54)cc(-c4ccccc4)c4ccccc34)n2)cc1. The zero-order valence-electron chi connectivity index (χ0n) is 32.3. The number of hydrogen-bond donors (Lipinski definition) is 0. The maximum Gasteiger partial charge on any atom is 0.166 e. The second kappa shape index (κ2) is 14.0. The van der Waals surface area contributed by atoms with Crippen molar-refractivity contribution in [3.8, 4) is 62.1 Å². The minimum absolute atomic E-state index is 0.616. The molecule has 60 heavy (non-hydrogen) atoms. The molecule has 12 rings (SSSR count). The van der Waals surface area contributed by atoms with Crippen molar-refractivity contribution in [2.24, 2.45) is 0 Å². The first kappa shape index (κ1) is 34.3. The maximum absolute atomic E-state index is 5.42. The number of thiophene rings is 1. The minimum Gasteiger partial charge on any atom is -0.308 e. The van der Waals surface area contributed by atoms with Crippen LogP contribution >= 0.6 is 11.3 Å². The number of aromatic nitrogens is 4. The molecule has 0 spiro atoms. The van der Waals surface area contributed by atoms with Crippen molar-refractivity contribution in [2.75, 3.05) is 0 Å².